The second-order valence-electron chi connectivity index (χ2n) is 4.95. The Morgan fingerprint density at radius 2 is 0.880 bits per heavy atom. The molecule has 2 nitrogen and oxygen atoms in total. The molecule has 4 aromatic rings. The summed E-state index contributed by atoms with van der Waals surface area (Å²) in [5.41, 5.74) is 2.18. The first-order valence-electron chi connectivity index (χ1n) is 7.19. The summed E-state index contributed by atoms with van der Waals surface area (Å²) in [5.74, 6) is 0. The Hall–Kier alpha value is -2.57. The van der Waals surface area contributed by atoms with E-state index in [1.165, 1.54) is 21.5 Å². The Morgan fingerprint density at radius 1 is 0.560 bits per heavy atom. The summed E-state index contributed by atoms with van der Waals surface area (Å²) in [6.45, 7) is 6.50. The van der Waals surface area contributed by atoms with Gasteiger partial charge < -0.3 is 9.59 Å². The van der Waals surface area contributed by atoms with Crippen LogP contribution in [0.3, 0.4) is 0 Å². The van der Waals surface area contributed by atoms with E-state index in [1.807, 2.05) is 12.1 Å². The summed E-state index contributed by atoms with van der Waals surface area (Å²) in [6, 6.07) is 31.9. The van der Waals surface area contributed by atoms with Crippen LogP contribution in [0, 0.1) is 12.1 Å². The van der Waals surface area contributed by atoms with Crippen molar-refractivity contribution >= 4 is 35.1 Å². The zero-order valence-electron chi connectivity index (χ0n) is 13.2. The molecule has 0 aromatic heterocycles. The van der Waals surface area contributed by atoms with Gasteiger partial charge in [0.1, 0.15) is 0 Å². The molecule has 124 valence electrons. The maximum Gasteiger partial charge on any atom is 4.00 e. The maximum absolute atomic E-state index is 7.75. The summed E-state index contributed by atoms with van der Waals surface area (Å²) in [6.07, 6.45) is 0. The summed E-state index contributed by atoms with van der Waals surface area (Å²) < 4.78 is 0. The Kier molecular flexibility index (Phi) is 8.46. The molecule has 0 atom stereocenters. The molecule has 0 aliphatic heterocycles. The Morgan fingerprint density at radius 3 is 1.24 bits per heavy atom. The molecule has 0 spiro atoms. The van der Waals surface area contributed by atoms with E-state index in [0.29, 0.717) is 0 Å². The molecule has 0 unspecified atom stereocenters. The van der Waals surface area contributed by atoms with E-state index in [-0.39, 0.29) is 21.1 Å². The van der Waals surface area contributed by atoms with Crippen LogP contribution in [0.5, 0.6) is 0 Å². The molecule has 0 N–H and O–H groups in total. The fraction of sp³-hybridized carbons (Fsp3) is 0. The third kappa shape index (κ3) is 4.71. The van der Waals surface area contributed by atoms with Crippen LogP contribution < -0.4 is 0 Å². The van der Waals surface area contributed by atoms with Crippen LogP contribution in [0.15, 0.2) is 72.8 Å². The monoisotopic (exact) mass is 505 g/mol. The van der Waals surface area contributed by atoms with E-state index < -0.39 is 0 Å². The Labute approximate surface area is 161 Å². The van der Waals surface area contributed by atoms with Gasteiger partial charge in [0.05, 0.1) is 0 Å². The first-order chi connectivity index (χ1) is 11.9. The molecule has 0 saturated carbocycles. The molecule has 4 rings (SSSR count). The van der Waals surface area contributed by atoms with Gasteiger partial charge in [0.25, 0.3) is 0 Å². The molecule has 4 aromatic carbocycles. The van der Waals surface area contributed by atoms with Crippen molar-refractivity contribution in [1.29, 1.82) is 0 Å². The second kappa shape index (κ2) is 10.3. The van der Waals surface area contributed by atoms with Crippen molar-refractivity contribution in [3.8, 4) is 11.1 Å². The summed E-state index contributed by atoms with van der Waals surface area (Å²) in [5, 5.41) is 4.92. The maximum atomic E-state index is 7.75. The van der Waals surface area contributed by atoms with Gasteiger partial charge >= 0.3 is 21.1 Å². The van der Waals surface area contributed by atoms with Crippen LogP contribution in [-0.2, 0) is 30.7 Å². The van der Waals surface area contributed by atoms with E-state index in [9.17, 15) is 0 Å². The predicted octanol–water partition coefficient (Wildman–Crippen LogP) is 4.71. The van der Waals surface area contributed by atoms with Crippen LogP contribution >= 0.6 is 0 Å². The number of fused-ring (bicyclic) bond motifs is 2. The van der Waals surface area contributed by atoms with Crippen molar-refractivity contribution in [2.45, 2.75) is 0 Å². The molecule has 0 fully saturated rings. The van der Waals surface area contributed by atoms with Gasteiger partial charge in [-0.25, -0.2) is 11.1 Å². The van der Waals surface area contributed by atoms with Crippen LogP contribution in [0.2, 0.25) is 0 Å². The smallest absolute Gasteiger partial charge is 0.545 e. The van der Waals surface area contributed by atoms with E-state index in [1.54, 1.807) is 0 Å². The molecular formula is C22H14O2Pt. The average Bonchev–Trinajstić information content (AvgIpc) is 2.70. The molecule has 0 aliphatic carbocycles. The van der Waals surface area contributed by atoms with Crippen LogP contribution in [0.25, 0.3) is 32.7 Å². The molecule has 3 heteroatoms. The SMILES string of the molecule is [CH-]=O.[CH-]=O.[Pt+4].[c-]1cc2ccccc2cc1-c1[c-]cc2ccccc2c1. The molecule has 0 amide bonds. The van der Waals surface area contributed by atoms with E-state index in [4.69, 9.17) is 9.59 Å². The van der Waals surface area contributed by atoms with E-state index in [0.717, 1.165) is 11.1 Å². The first-order valence-corrected chi connectivity index (χ1v) is 7.19. The molecule has 0 heterocycles. The Balaban J connectivity index is 0.000000586. The summed E-state index contributed by atoms with van der Waals surface area (Å²) >= 11 is 0. The third-order valence-electron chi connectivity index (χ3n) is 3.65. The number of hydrogen-bond donors (Lipinski definition) is 0. The van der Waals surface area contributed by atoms with Crippen LogP contribution in [0.4, 0.5) is 0 Å². The molecule has 25 heavy (non-hydrogen) atoms. The van der Waals surface area contributed by atoms with Crippen molar-refractivity contribution < 1.29 is 30.7 Å². The molecule has 0 aliphatic rings. The van der Waals surface area contributed by atoms with Crippen molar-refractivity contribution in [2.75, 3.05) is 0 Å². The topological polar surface area (TPSA) is 34.1 Å². The van der Waals surface area contributed by atoms with Gasteiger partial charge in [-0.3, -0.25) is 13.6 Å². The zero-order chi connectivity index (χ0) is 17.4. The van der Waals surface area contributed by atoms with Gasteiger partial charge in [-0.05, 0) is 0 Å². The van der Waals surface area contributed by atoms with Gasteiger partial charge in [-0.15, -0.1) is 33.7 Å². The van der Waals surface area contributed by atoms with Gasteiger partial charge in [-0.1, -0.05) is 48.5 Å². The summed E-state index contributed by atoms with van der Waals surface area (Å²) in [7, 11) is 0. The van der Waals surface area contributed by atoms with Crippen molar-refractivity contribution in [1.82, 2.24) is 0 Å². The summed E-state index contributed by atoms with van der Waals surface area (Å²) in [4.78, 5) is 15.5. The van der Waals surface area contributed by atoms with E-state index in [2.05, 4.69) is 86.4 Å². The first kappa shape index (κ1) is 20.5. The third-order valence-corrected chi connectivity index (χ3v) is 3.65. The fourth-order valence-corrected chi connectivity index (χ4v) is 2.56. The van der Waals surface area contributed by atoms with Crippen molar-refractivity contribution in [2.24, 2.45) is 0 Å². The minimum absolute atomic E-state index is 0. The largest absolute Gasteiger partial charge is 4.00 e. The fourth-order valence-electron chi connectivity index (χ4n) is 2.56. The quantitative estimate of drug-likeness (QED) is 0.278. The second-order valence-corrected chi connectivity index (χ2v) is 4.95. The van der Waals surface area contributed by atoms with Gasteiger partial charge in [0.15, 0.2) is 0 Å². The van der Waals surface area contributed by atoms with E-state index >= 15 is 0 Å². The number of benzene rings is 4. The molecule has 0 radical (unpaired) electrons. The minimum Gasteiger partial charge on any atom is -0.545 e. The molecule has 0 bridgehead atoms. The number of hydrogen-bond acceptors (Lipinski definition) is 2. The minimum atomic E-state index is 0. The molecular weight excluding hydrogens is 491 g/mol. The molecule has 0 saturated heterocycles. The average molecular weight is 505 g/mol. The van der Waals surface area contributed by atoms with Crippen LogP contribution in [0.1, 0.15) is 0 Å². The van der Waals surface area contributed by atoms with Crippen LogP contribution in [-0.4, -0.2) is 13.6 Å². The van der Waals surface area contributed by atoms with Gasteiger partial charge in [0, 0.05) is 0 Å². The normalized spacial score (nSPS) is 9.12. The zero-order valence-corrected chi connectivity index (χ0v) is 15.5. The predicted molar refractivity (Wildman–Crippen MR) is 98.1 cm³/mol. The Bertz CT molecular complexity index is 871. The van der Waals surface area contributed by atoms with Gasteiger partial charge in [-0.2, -0.15) is 24.3 Å². The van der Waals surface area contributed by atoms with Crippen molar-refractivity contribution in [3.05, 3.63) is 84.9 Å². The van der Waals surface area contributed by atoms with Gasteiger partial charge in [0.2, 0.25) is 0 Å². The van der Waals surface area contributed by atoms with Crippen molar-refractivity contribution in [3.63, 3.8) is 0 Å². The number of carbonyl (C=O) groups excluding carboxylic acids is 2. The number of rotatable bonds is 1. The standard InChI is InChI=1S/C20H12.2CHO.Pt/c1-3-7-17-13-19(11-9-15(17)5-1)20-12-10-16-6-2-4-8-18(16)14-20;2*1-2;/h1-10,13-14H;2*1H;/q-2;2*-1;+4.